The predicted octanol–water partition coefficient (Wildman–Crippen LogP) is 3.15. The van der Waals surface area contributed by atoms with Gasteiger partial charge in [-0.15, -0.1) is 4.31 Å². The molecule has 0 bridgehead atoms. The van der Waals surface area contributed by atoms with Crippen molar-refractivity contribution in [3.63, 3.8) is 0 Å². The van der Waals surface area contributed by atoms with Crippen LogP contribution in [0.1, 0.15) is 39.5 Å². The van der Waals surface area contributed by atoms with Crippen molar-refractivity contribution in [2.45, 2.75) is 50.9 Å². The molecule has 3 heterocycles. The summed E-state index contributed by atoms with van der Waals surface area (Å²) in [6.07, 6.45) is 8.62. The van der Waals surface area contributed by atoms with Gasteiger partial charge in [0.05, 0.1) is 36.6 Å². The minimum Gasteiger partial charge on any atom is -0.598 e. The molecule has 4 rings (SSSR count). The average Bonchev–Trinajstić information content (AvgIpc) is 3.43. The largest absolute Gasteiger partial charge is 0.598 e. The number of hydrogen-bond donors (Lipinski definition) is 0. The molecule has 3 aliphatic rings. The molecule has 28 heavy (non-hydrogen) atoms. The van der Waals surface area contributed by atoms with Gasteiger partial charge in [0.25, 0.3) is 0 Å². The Balaban J connectivity index is 1.10. The summed E-state index contributed by atoms with van der Waals surface area (Å²) >= 11 is 5.03. The van der Waals surface area contributed by atoms with Crippen LogP contribution in [0.3, 0.4) is 0 Å². The fourth-order valence-corrected chi connectivity index (χ4v) is 5.83. The molecule has 1 aromatic heterocycles. The van der Waals surface area contributed by atoms with E-state index in [0.29, 0.717) is 5.02 Å². The van der Waals surface area contributed by atoms with E-state index in [2.05, 4.69) is 14.9 Å². The van der Waals surface area contributed by atoms with Crippen LogP contribution < -0.4 is 4.90 Å². The van der Waals surface area contributed by atoms with Gasteiger partial charge in [-0.25, -0.2) is 9.97 Å². The monoisotopic (exact) mass is 426 g/mol. The summed E-state index contributed by atoms with van der Waals surface area (Å²) in [4.78, 5) is 11.0. The van der Waals surface area contributed by atoms with Crippen molar-refractivity contribution in [1.82, 2.24) is 14.3 Å². The Hall–Kier alpha value is -0.600. The summed E-state index contributed by atoms with van der Waals surface area (Å²) < 4.78 is 20.0. The summed E-state index contributed by atoms with van der Waals surface area (Å²) in [5.41, 5.74) is 0. The van der Waals surface area contributed by atoms with Crippen molar-refractivity contribution in [2.24, 2.45) is 17.8 Å². The van der Waals surface area contributed by atoms with Gasteiger partial charge in [0, 0.05) is 31.1 Å². The number of ether oxygens (including phenoxy) is 1. The van der Waals surface area contributed by atoms with E-state index in [1.807, 2.05) is 18.2 Å². The number of aromatic nitrogens is 2. The fourth-order valence-electron chi connectivity index (χ4n) is 4.51. The number of rotatable bonds is 8. The van der Waals surface area contributed by atoms with Crippen molar-refractivity contribution in [2.75, 3.05) is 37.7 Å². The van der Waals surface area contributed by atoms with Gasteiger partial charge < -0.3 is 14.2 Å². The molecule has 3 fully saturated rings. The molecule has 156 valence electrons. The lowest BCUT2D eigenvalue weighted by molar-refractivity contribution is -0.0227. The van der Waals surface area contributed by atoms with Crippen LogP contribution in [0.2, 0.25) is 5.02 Å². The zero-order chi connectivity index (χ0) is 19.7. The van der Waals surface area contributed by atoms with Crippen molar-refractivity contribution in [3.8, 4) is 0 Å². The third kappa shape index (κ3) is 4.93. The molecule has 3 atom stereocenters. The maximum absolute atomic E-state index is 12.0. The van der Waals surface area contributed by atoms with Gasteiger partial charge in [-0.2, -0.15) is 0 Å². The van der Waals surface area contributed by atoms with Gasteiger partial charge >= 0.3 is 0 Å². The maximum Gasteiger partial charge on any atom is 0.225 e. The Bertz CT molecular complexity index is 636. The van der Waals surface area contributed by atoms with Crippen LogP contribution in [0.4, 0.5) is 5.95 Å². The average molecular weight is 427 g/mol. The number of nitrogens with zero attached hydrogens (tertiary/aromatic N) is 4. The highest BCUT2D eigenvalue weighted by atomic mass is 35.5. The highest BCUT2D eigenvalue weighted by Gasteiger charge is 2.44. The molecule has 0 amide bonds. The van der Waals surface area contributed by atoms with E-state index in [1.165, 1.54) is 25.7 Å². The van der Waals surface area contributed by atoms with Crippen LogP contribution in [0.5, 0.6) is 0 Å². The number of hydrogen-bond acceptors (Lipinski definition) is 6. The molecule has 1 saturated carbocycles. The quantitative estimate of drug-likeness (QED) is 0.595. The van der Waals surface area contributed by atoms with E-state index in [-0.39, 0.29) is 11.4 Å². The van der Waals surface area contributed by atoms with E-state index >= 15 is 0 Å². The van der Waals surface area contributed by atoms with E-state index < -0.39 is 11.4 Å². The number of anilines is 1. The molecule has 2 aliphatic heterocycles. The predicted molar refractivity (Wildman–Crippen MR) is 113 cm³/mol. The topological polar surface area (TPSA) is 64.6 Å². The van der Waals surface area contributed by atoms with Crippen LogP contribution in [0, 0.1) is 17.8 Å². The summed E-state index contributed by atoms with van der Waals surface area (Å²) in [5.74, 6) is 3.35. The minimum atomic E-state index is -0.846. The zero-order valence-corrected chi connectivity index (χ0v) is 18.4. The third-order valence-corrected chi connectivity index (χ3v) is 8.14. The van der Waals surface area contributed by atoms with Gasteiger partial charge in [0.2, 0.25) is 5.95 Å². The molecule has 2 saturated heterocycles. The first-order chi connectivity index (χ1) is 13.5. The van der Waals surface area contributed by atoms with E-state index in [4.69, 9.17) is 16.3 Å². The molecular formula is C20H31ClN4O2S. The first kappa shape index (κ1) is 20.7. The van der Waals surface area contributed by atoms with Crippen molar-refractivity contribution >= 4 is 28.9 Å². The molecule has 1 aromatic rings. The molecule has 1 aliphatic carbocycles. The Labute approximate surface area is 176 Å². The standard InChI is InChI=1S/C20H31ClN4O2S/c1-14(2)28(26)25-12-18(13-25)27-8-5-16-9-19(16)15-3-6-24(7-4-15)20-22-10-17(21)11-23-20/h10-11,14-16,18-19H,3-9,12-13H2,1-2H3/t16-,19-,28?/m1/s1. The SMILES string of the molecule is CC(C)[S+]([O-])N1CC(OCC[C@@H]2C[C@@H]2C2CCN(c3ncc(Cl)cn3)CC2)C1. The number of piperidine rings is 1. The molecule has 6 nitrogen and oxygen atoms in total. The van der Waals surface area contributed by atoms with Gasteiger partial charge in [-0.1, -0.05) is 11.6 Å². The first-order valence-electron chi connectivity index (χ1n) is 10.5. The van der Waals surface area contributed by atoms with Crippen LogP contribution in [0.25, 0.3) is 0 Å². The second-order valence-corrected chi connectivity index (χ2v) is 11.1. The summed E-state index contributed by atoms with van der Waals surface area (Å²) in [6.45, 7) is 8.59. The second-order valence-electron chi connectivity index (χ2n) is 8.64. The van der Waals surface area contributed by atoms with Gasteiger partial charge in [-0.3, -0.25) is 0 Å². The Morgan fingerprint density at radius 2 is 1.93 bits per heavy atom. The van der Waals surface area contributed by atoms with E-state index in [9.17, 15) is 4.55 Å². The van der Waals surface area contributed by atoms with E-state index in [0.717, 1.165) is 56.5 Å². The molecular weight excluding hydrogens is 396 g/mol. The Kier molecular flexibility index (Phi) is 6.67. The zero-order valence-electron chi connectivity index (χ0n) is 16.8. The van der Waals surface area contributed by atoms with Gasteiger partial charge in [0.1, 0.15) is 5.25 Å². The van der Waals surface area contributed by atoms with E-state index in [1.54, 1.807) is 12.4 Å². The van der Waals surface area contributed by atoms with Crippen LogP contribution in [-0.2, 0) is 16.1 Å². The molecule has 0 radical (unpaired) electrons. The summed E-state index contributed by atoms with van der Waals surface area (Å²) in [5, 5.41) is 0.787. The van der Waals surface area contributed by atoms with Gasteiger partial charge in [0.15, 0.2) is 0 Å². The first-order valence-corrected chi connectivity index (χ1v) is 12.1. The fraction of sp³-hybridized carbons (Fsp3) is 0.800. The molecule has 0 N–H and O–H groups in total. The van der Waals surface area contributed by atoms with Crippen LogP contribution in [0.15, 0.2) is 12.4 Å². The highest BCUT2D eigenvalue weighted by molar-refractivity contribution is 7.89. The molecule has 8 heteroatoms. The lowest BCUT2D eigenvalue weighted by atomic mass is 9.90. The third-order valence-electron chi connectivity index (χ3n) is 6.33. The van der Waals surface area contributed by atoms with Crippen molar-refractivity contribution in [3.05, 3.63) is 17.4 Å². The van der Waals surface area contributed by atoms with Crippen molar-refractivity contribution in [1.29, 1.82) is 0 Å². The normalized spacial score (nSPS) is 27.8. The molecule has 1 unspecified atom stereocenters. The minimum absolute atomic E-state index is 0.200. The molecule has 0 aromatic carbocycles. The van der Waals surface area contributed by atoms with Crippen molar-refractivity contribution < 1.29 is 9.29 Å². The second kappa shape index (κ2) is 9.04. The molecule has 0 spiro atoms. The van der Waals surface area contributed by atoms with Gasteiger partial charge in [-0.05, 0) is 57.3 Å². The summed E-state index contributed by atoms with van der Waals surface area (Å²) in [6, 6.07) is 0. The van der Waals surface area contributed by atoms with Crippen LogP contribution >= 0.6 is 11.6 Å². The number of halogens is 1. The Morgan fingerprint density at radius 3 is 2.57 bits per heavy atom. The lowest BCUT2D eigenvalue weighted by Crippen LogP contribution is -2.56. The summed E-state index contributed by atoms with van der Waals surface area (Å²) in [7, 11) is 0. The lowest BCUT2D eigenvalue weighted by Gasteiger charge is -2.39. The highest BCUT2D eigenvalue weighted by Crippen LogP contribution is 2.50. The maximum atomic E-state index is 12.0. The van der Waals surface area contributed by atoms with Crippen LogP contribution in [-0.4, -0.2) is 63.0 Å². The smallest absolute Gasteiger partial charge is 0.225 e. The Morgan fingerprint density at radius 1 is 1.25 bits per heavy atom.